The van der Waals surface area contributed by atoms with E-state index < -0.39 is 23.5 Å². The van der Waals surface area contributed by atoms with Crippen LogP contribution in [0.3, 0.4) is 0 Å². The molecular formula is C20H20F6N2. The molecule has 2 aromatic rings. The molecule has 2 N–H and O–H groups in total. The second-order valence-corrected chi connectivity index (χ2v) is 7.32. The zero-order chi connectivity index (χ0) is 21.3. The second kappa shape index (κ2) is 7.41. The van der Waals surface area contributed by atoms with Crippen LogP contribution in [0.25, 0.3) is 0 Å². The minimum absolute atomic E-state index is 0.0455. The van der Waals surface area contributed by atoms with Gasteiger partial charge in [0, 0.05) is 11.4 Å². The number of rotatable bonds is 4. The van der Waals surface area contributed by atoms with E-state index in [1.807, 2.05) is 32.9 Å². The molecule has 2 rings (SSSR count). The van der Waals surface area contributed by atoms with E-state index in [2.05, 4.69) is 17.2 Å². The highest BCUT2D eigenvalue weighted by atomic mass is 19.4. The molecule has 0 aliphatic carbocycles. The molecule has 0 amide bonds. The highest BCUT2D eigenvalue weighted by molar-refractivity contribution is 5.61. The molecule has 2 aromatic carbocycles. The van der Waals surface area contributed by atoms with Crippen LogP contribution < -0.4 is 10.6 Å². The molecule has 0 aliphatic rings. The van der Waals surface area contributed by atoms with Crippen molar-refractivity contribution in [1.29, 1.82) is 0 Å². The van der Waals surface area contributed by atoms with Gasteiger partial charge in [-0.2, -0.15) is 26.3 Å². The van der Waals surface area contributed by atoms with E-state index in [9.17, 15) is 26.3 Å². The maximum absolute atomic E-state index is 13.0. The van der Waals surface area contributed by atoms with Crippen molar-refractivity contribution in [2.75, 3.05) is 10.6 Å². The Bertz CT molecular complexity index is 828. The minimum Gasteiger partial charge on any atom is -0.342 e. The quantitative estimate of drug-likeness (QED) is 0.537. The van der Waals surface area contributed by atoms with Crippen molar-refractivity contribution in [3.05, 3.63) is 71.6 Å². The lowest BCUT2D eigenvalue weighted by atomic mass is 9.86. The van der Waals surface area contributed by atoms with Crippen LogP contribution in [0.4, 0.5) is 37.7 Å². The molecule has 2 nitrogen and oxygen atoms in total. The average molecular weight is 402 g/mol. The summed E-state index contributed by atoms with van der Waals surface area (Å²) in [5.74, 6) is 0.0455. The van der Waals surface area contributed by atoms with Crippen molar-refractivity contribution >= 4 is 11.4 Å². The monoisotopic (exact) mass is 402 g/mol. The molecule has 0 aliphatic heterocycles. The van der Waals surface area contributed by atoms with Crippen LogP contribution in [0.1, 0.15) is 37.5 Å². The van der Waals surface area contributed by atoms with Gasteiger partial charge in [-0.3, -0.25) is 0 Å². The van der Waals surface area contributed by atoms with Crippen LogP contribution in [0, 0.1) is 0 Å². The third-order valence-electron chi connectivity index (χ3n) is 3.90. The topological polar surface area (TPSA) is 24.1 Å². The largest absolute Gasteiger partial charge is 0.416 e. The van der Waals surface area contributed by atoms with Gasteiger partial charge in [0.15, 0.2) is 0 Å². The Balaban J connectivity index is 2.32. The van der Waals surface area contributed by atoms with Gasteiger partial charge in [0.05, 0.1) is 11.1 Å². The molecule has 0 radical (unpaired) electrons. The third kappa shape index (κ3) is 5.43. The van der Waals surface area contributed by atoms with Gasteiger partial charge in [0.1, 0.15) is 5.82 Å². The first kappa shape index (κ1) is 21.7. The molecule has 0 bridgehead atoms. The third-order valence-corrected chi connectivity index (χ3v) is 3.90. The number of nitrogens with one attached hydrogen (secondary N) is 2. The molecule has 0 saturated heterocycles. The fraction of sp³-hybridized carbons (Fsp3) is 0.300. The zero-order valence-corrected chi connectivity index (χ0v) is 15.5. The predicted molar refractivity (Wildman–Crippen MR) is 98.0 cm³/mol. The van der Waals surface area contributed by atoms with Gasteiger partial charge in [-0.25, -0.2) is 0 Å². The number of benzene rings is 2. The Kier molecular flexibility index (Phi) is 5.73. The summed E-state index contributed by atoms with van der Waals surface area (Å²) in [6.45, 7) is 9.60. The van der Waals surface area contributed by atoms with Crippen LogP contribution in [0.2, 0.25) is 0 Å². The van der Waals surface area contributed by atoms with Crippen molar-refractivity contribution in [3.8, 4) is 0 Å². The minimum atomic E-state index is -4.91. The highest BCUT2D eigenvalue weighted by Crippen LogP contribution is 2.38. The van der Waals surface area contributed by atoms with E-state index >= 15 is 0 Å². The van der Waals surface area contributed by atoms with Gasteiger partial charge in [0.25, 0.3) is 0 Å². The molecule has 0 atom stereocenters. The lowest BCUT2D eigenvalue weighted by molar-refractivity contribution is -0.143. The molecule has 0 heterocycles. The smallest absolute Gasteiger partial charge is 0.342 e. The number of hydrogen-bond donors (Lipinski definition) is 2. The van der Waals surface area contributed by atoms with Crippen molar-refractivity contribution in [1.82, 2.24) is 0 Å². The van der Waals surface area contributed by atoms with Crippen molar-refractivity contribution in [3.63, 3.8) is 0 Å². The number of para-hydroxylation sites is 1. The number of alkyl halides is 6. The molecule has 152 valence electrons. The van der Waals surface area contributed by atoms with Gasteiger partial charge >= 0.3 is 12.4 Å². The number of hydrogen-bond acceptors (Lipinski definition) is 2. The first-order valence-corrected chi connectivity index (χ1v) is 8.30. The number of halogens is 6. The first-order valence-electron chi connectivity index (χ1n) is 8.30. The van der Waals surface area contributed by atoms with E-state index in [1.54, 1.807) is 12.1 Å². The van der Waals surface area contributed by atoms with E-state index in [-0.39, 0.29) is 23.0 Å². The summed E-state index contributed by atoms with van der Waals surface area (Å²) in [5, 5.41) is 5.40. The van der Waals surface area contributed by atoms with Crippen LogP contribution >= 0.6 is 0 Å². The second-order valence-electron chi connectivity index (χ2n) is 7.32. The van der Waals surface area contributed by atoms with Crippen LogP contribution in [0.15, 0.2) is 54.9 Å². The molecule has 28 heavy (non-hydrogen) atoms. The van der Waals surface area contributed by atoms with E-state index in [4.69, 9.17) is 0 Å². The molecule has 0 fully saturated rings. The average Bonchev–Trinajstić information content (AvgIpc) is 2.52. The van der Waals surface area contributed by atoms with Gasteiger partial charge in [-0.15, -0.1) is 0 Å². The fourth-order valence-corrected chi connectivity index (χ4v) is 2.64. The molecule has 0 saturated carbocycles. The van der Waals surface area contributed by atoms with Crippen molar-refractivity contribution < 1.29 is 26.3 Å². The molecule has 0 spiro atoms. The Morgan fingerprint density at radius 2 is 1.29 bits per heavy atom. The Hall–Kier alpha value is -2.64. The fourth-order valence-electron chi connectivity index (χ4n) is 2.64. The lowest BCUT2D eigenvalue weighted by Crippen LogP contribution is -2.17. The summed E-state index contributed by atoms with van der Waals surface area (Å²) in [6.07, 6.45) is -9.82. The van der Waals surface area contributed by atoms with Crippen molar-refractivity contribution in [2.24, 2.45) is 0 Å². The van der Waals surface area contributed by atoms with Crippen molar-refractivity contribution in [2.45, 2.75) is 38.5 Å². The summed E-state index contributed by atoms with van der Waals surface area (Å²) >= 11 is 0. The normalized spacial score (nSPS) is 12.6. The maximum Gasteiger partial charge on any atom is 0.416 e. The summed E-state index contributed by atoms with van der Waals surface area (Å²) in [7, 11) is 0. The molecule has 0 aromatic heterocycles. The highest BCUT2D eigenvalue weighted by Gasteiger charge is 2.37. The summed E-state index contributed by atoms with van der Waals surface area (Å²) in [5.41, 5.74) is -1.83. The number of anilines is 2. The van der Waals surface area contributed by atoms with Crippen LogP contribution in [0.5, 0.6) is 0 Å². The van der Waals surface area contributed by atoms with Gasteiger partial charge < -0.3 is 10.6 Å². The van der Waals surface area contributed by atoms with Gasteiger partial charge in [-0.05, 0) is 35.2 Å². The zero-order valence-electron chi connectivity index (χ0n) is 15.5. The maximum atomic E-state index is 13.0. The molecular weight excluding hydrogens is 382 g/mol. The van der Waals surface area contributed by atoms with E-state index in [0.29, 0.717) is 17.8 Å². The molecule has 0 unspecified atom stereocenters. The predicted octanol–water partition coefficient (Wildman–Crippen LogP) is 7.02. The first-order chi connectivity index (χ1) is 12.7. The van der Waals surface area contributed by atoms with Crippen LogP contribution in [-0.2, 0) is 17.8 Å². The van der Waals surface area contributed by atoms with Crippen LogP contribution in [-0.4, -0.2) is 0 Å². The summed E-state index contributed by atoms with van der Waals surface area (Å²) in [4.78, 5) is 0. The Morgan fingerprint density at radius 1 is 0.786 bits per heavy atom. The SMILES string of the molecule is C=C(Nc1cc(C(F)(F)F)cc(C(F)(F)F)c1)Nc1ccccc1C(C)(C)C. The Morgan fingerprint density at radius 3 is 1.75 bits per heavy atom. The lowest BCUT2D eigenvalue weighted by Gasteiger charge is -2.24. The Labute approximate surface area is 159 Å². The van der Waals surface area contributed by atoms with Gasteiger partial charge in [0.2, 0.25) is 0 Å². The summed E-state index contributed by atoms with van der Waals surface area (Å²) in [6, 6.07) is 8.52. The summed E-state index contributed by atoms with van der Waals surface area (Å²) < 4.78 is 77.8. The standard InChI is InChI=1S/C20H20F6N2/c1-12(28-17-8-6-5-7-16(17)18(2,3)4)27-15-10-13(19(21,22)23)9-14(11-15)20(24,25)26/h5-11,27-28H,1H2,2-4H3. The van der Waals surface area contributed by atoms with E-state index in [0.717, 1.165) is 5.56 Å². The van der Waals surface area contributed by atoms with Gasteiger partial charge in [-0.1, -0.05) is 45.5 Å². The molecule has 8 heteroatoms. The van der Waals surface area contributed by atoms with E-state index in [1.165, 1.54) is 0 Å².